The lowest BCUT2D eigenvalue weighted by Crippen LogP contribution is -2.33. The van der Waals surface area contributed by atoms with Crippen LogP contribution in [0.5, 0.6) is 5.75 Å². The number of ether oxygens (including phenoxy) is 2. The average molecular weight is 433 g/mol. The van der Waals surface area contributed by atoms with Gasteiger partial charge in [0.1, 0.15) is 11.9 Å². The largest absolute Gasteiger partial charge is 0.490 e. The van der Waals surface area contributed by atoms with Gasteiger partial charge in [0, 0.05) is 24.3 Å². The molecule has 0 aromatic heterocycles. The van der Waals surface area contributed by atoms with Crippen LogP contribution < -0.4 is 4.74 Å². The first kappa shape index (κ1) is 21.6. The molecule has 2 unspecified atom stereocenters. The maximum absolute atomic E-state index is 10.1. The molecule has 2 fully saturated rings. The zero-order chi connectivity index (χ0) is 21.1. The Bertz CT molecular complexity index is 840. The summed E-state index contributed by atoms with van der Waals surface area (Å²) in [6.45, 7) is -0.0950. The Morgan fingerprint density at radius 2 is 1.77 bits per heavy atom. The molecule has 162 valence electrons. The van der Waals surface area contributed by atoms with Gasteiger partial charge in [-0.15, -0.1) is 0 Å². The third-order valence-corrected chi connectivity index (χ3v) is 6.37. The molecule has 0 radical (unpaired) electrons. The molecule has 2 aromatic rings. The summed E-state index contributed by atoms with van der Waals surface area (Å²) in [5, 5.41) is 29.8. The van der Waals surface area contributed by atoms with Crippen LogP contribution in [-0.4, -0.2) is 46.3 Å². The van der Waals surface area contributed by atoms with Crippen LogP contribution in [0.3, 0.4) is 0 Å². The van der Waals surface area contributed by atoms with E-state index in [1.54, 1.807) is 0 Å². The number of benzene rings is 2. The molecule has 0 amide bonds. The highest BCUT2D eigenvalue weighted by atomic mass is 35.5. The summed E-state index contributed by atoms with van der Waals surface area (Å²) in [4.78, 5) is 0. The monoisotopic (exact) mass is 432 g/mol. The van der Waals surface area contributed by atoms with Crippen LogP contribution in [0, 0.1) is 0 Å². The topological polar surface area (TPSA) is 79.2 Å². The van der Waals surface area contributed by atoms with Gasteiger partial charge in [0.05, 0.1) is 31.0 Å². The fraction of sp³-hybridized carbons (Fsp3) is 0.500. The van der Waals surface area contributed by atoms with E-state index in [1.165, 1.54) is 0 Å². The Balaban J connectivity index is 1.43. The molecule has 30 heavy (non-hydrogen) atoms. The van der Waals surface area contributed by atoms with E-state index in [2.05, 4.69) is 0 Å². The van der Waals surface area contributed by atoms with Gasteiger partial charge in [0.25, 0.3) is 0 Å². The van der Waals surface area contributed by atoms with Gasteiger partial charge in [-0.3, -0.25) is 0 Å². The Morgan fingerprint density at radius 1 is 0.967 bits per heavy atom. The molecule has 2 aliphatic rings. The van der Waals surface area contributed by atoms with Gasteiger partial charge in [0.2, 0.25) is 0 Å². The highest BCUT2D eigenvalue weighted by molar-refractivity contribution is 6.31. The van der Waals surface area contributed by atoms with E-state index in [4.69, 9.17) is 21.1 Å². The second-order valence-electron chi connectivity index (χ2n) is 8.43. The highest BCUT2D eigenvalue weighted by Crippen LogP contribution is 2.34. The van der Waals surface area contributed by atoms with Crippen molar-refractivity contribution in [3.63, 3.8) is 0 Å². The minimum atomic E-state index is -0.478. The summed E-state index contributed by atoms with van der Waals surface area (Å²) >= 11 is 6.45. The quantitative estimate of drug-likeness (QED) is 0.647. The van der Waals surface area contributed by atoms with E-state index in [1.807, 2.05) is 42.5 Å². The predicted molar refractivity (Wildman–Crippen MR) is 115 cm³/mol. The maximum Gasteiger partial charge on any atom is 0.119 e. The highest BCUT2D eigenvalue weighted by Gasteiger charge is 2.29. The lowest BCUT2D eigenvalue weighted by Gasteiger charge is -2.32. The smallest absolute Gasteiger partial charge is 0.119 e. The zero-order valence-corrected chi connectivity index (χ0v) is 17.7. The van der Waals surface area contributed by atoms with Crippen molar-refractivity contribution in [3.8, 4) is 5.75 Å². The molecule has 1 saturated carbocycles. The number of halogens is 1. The molecule has 6 heteroatoms. The molecule has 1 heterocycles. The number of aliphatic hydroxyl groups excluding tert-OH is 3. The van der Waals surface area contributed by atoms with Gasteiger partial charge in [-0.05, 0) is 54.2 Å². The van der Waals surface area contributed by atoms with Crippen molar-refractivity contribution in [1.82, 2.24) is 0 Å². The fourth-order valence-corrected chi connectivity index (χ4v) is 4.56. The molecule has 5 nitrogen and oxygen atoms in total. The van der Waals surface area contributed by atoms with E-state index in [0.717, 1.165) is 35.3 Å². The molecule has 1 aliphatic carbocycles. The van der Waals surface area contributed by atoms with E-state index < -0.39 is 6.10 Å². The number of hydrogen-bond acceptors (Lipinski definition) is 5. The lowest BCUT2D eigenvalue weighted by molar-refractivity contribution is -0.113. The molecule has 2 aromatic carbocycles. The Hall–Kier alpha value is -1.63. The predicted octanol–water partition coefficient (Wildman–Crippen LogP) is 3.80. The van der Waals surface area contributed by atoms with Crippen LogP contribution in [0.1, 0.15) is 54.9 Å². The van der Waals surface area contributed by atoms with Crippen LogP contribution in [0.2, 0.25) is 5.02 Å². The van der Waals surface area contributed by atoms with Crippen molar-refractivity contribution in [2.75, 3.05) is 6.61 Å². The molecule has 1 saturated heterocycles. The van der Waals surface area contributed by atoms with Crippen molar-refractivity contribution in [3.05, 3.63) is 64.2 Å². The summed E-state index contributed by atoms with van der Waals surface area (Å²) in [5.74, 6) is 0.817. The van der Waals surface area contributed by atoms with Crippen LogP contribution in [0.15, 0.2) is 42.5 Å². The maximum atomic E-state index is 10.1. The molecular weight excluding hydrogens is 404 g/mol. The molecule has 3 N–H and O–H groups in total. The van der Waals surface area contributed by atoms with Gasteiger partial charge in [-0.25, -0.2) is 0 Å². The van der Waals surface area contributed by atoms with Crippen LogP contribution in [0.4, 0.5) is 0 Å². The fourth-order valence-electron chi connectivity index (χ4n) is 4.38. The molecule has 5 atom stereocenters. The van der Waals surface area contributed by atoms with E-state index in [-0.39, 0.29) is 31.0 Å². The summed E-state index contributed by atoms with van der Waals surface area (Å²) in [5.41, 5.74) is 3.07. The van der Waals surface area contributed by atoms with Gasteiger partial charge in [-0.1, -0.05) is 35.9 Å². The molecule has 0 spiro atoms. The Morgan fingerprint density at radius 3 is 2.47 bits per heavy atom. The van der Waals surface area contributed by atoms with Crippen molar-refractivity contribution in [2.45, 2.75) is 69.0 Å². The minimum Gasteiger partial charge on any atom is -0.490 e. The van der Waals surface area contributed by atoms with Crippen LogP contribution >= 0.6 is 11.6 Å². The van der Waals surface area contributed by atoms with E-state index >= 15 is 0 Å². The summed E-state index contributed by atoms with van der Waals surface area (Å²) < 4.78 is 11.9. The third kappa shape index (κ3) is 5.34. The number of rotatable bonds is 6. The normalized spacial score (nSPS) is 29.1. The first-order valence-electron chi connectivity index (χ1n) is 10.7. The summed E-state index contributed by atoms with van der Waals surface area (Å²) in [6, 6.07) is 13.8. The standard InChI is InChI=1S/C24H29ClO5/c25-23-8-3-16(24-13-19(28)12-22(14-26)30-24)10-17(23)9-15-1-5-20(6-2-15)29-21-7-4-18(27)11-21/h1-3,5-6,8,10,18-19,21-22,24,26-28H,4,7,9,11-14H2/t18?,19-,21?,22-,24+/m0/s1. The van der Waals surface area contributed by atoms with E-state index in [9.17, 15) is 15.3 Å². The second-order valence-corrected chi connectivity index (χ2v) is 8.84. The molecule has 1 aliphatic heterocycles. The van der Waals surface area contributed by atoms with Gasteiger partial charge in [-0.2, -0.15) is 0 Å². The van der Waals surface area contributed by atoms with Gasteiger partial charge in [0.15, 0.2) is 0 Å². The average Bonchev–Trinajstić information content (AvgIpc) is 3.15. The van der Waals surface area contributed by atoms with Crippen molar-refractivity contribution in [2.24, 2.45) is 0 Å². The van der Waals surface area contributed by atoms with Crippen molar-refractivity contribution < 1.29 is 24.8 Å². The number of hydrogen-bond donors (Lipinski definition) is 3. The minimum absolute atomic E-state index is 0.0885. The summed E-state index contributed by atoms with van der Waals surface area (Å²) in [6.07, 6.45) is 2.81. The van der Waals surface area contributed by atoms with Crippen LogP contribution in [0.25, 0.3) is 0 Å². The first-order chi connectivity index (χ1) is 14.5. The Kier molecular flexibility index (Phi) is 6.96. The van der Waals surface area contributed by atoms with Gasteiger partial charge < -0.3 is 24.8 Å². The van der Waals surface area contributed by atoms with Crippen molar-refractivity contribution >= 4 is 11.6 Å². The molecule has 4 rings (SSSR count). The number of aliphatic hydroxyl groups is 3. The molecular formula is C24H29ClO5. The van der Waals surface area contributed by atoms with Crippen molar-refractivity contribution in [1.29, 1.82) is 0 Å². The second kappa shape index (κ2) is 9.67. The first-order valence-corrected chi connectivity index (χ1v) is 11.0. The zero-order valence-electron chi connectivity index (χ0n) is 16.9. The molecule has 0 bridgehead atoms. The summed E-state index contributed by atoms with van der Waals surface area (Å²) in [7, 11) is 0. The van der Waals surface area contributed by atoms with Crippen LogP contribution in [-0.2, 0) is 11.2 Å². The third-order valence-electron chi connectivity index (χ3n) is 6.00. The lowest BCUT2D eigenvalue weighted by atomic mass is 9.94. The van der Waals surface area contributed by atoms with Gasteiger partial charge >= 0.3 is 0 Å². The van der Waals surface area contributed by atoms with E-state index in [0.29, 0.717) is 30.7 Å². The SMILES string of the molecule is OC[C@@H]1C[C@H](O)C[C@H](c2ccc(Cl)c(Cc3ccc(OC4CCC(O)C4)cc3)c2)O1. The Labute approximate surface area is 182 Å².